The lowest BCUT2D eigenvalue weighted by Crippen LogP contribution is -2.06. The molecule has 88 valence electrons. The molecule has 3 nitrogen and oxygen atoms in total. The van der Waals surface area contributed by atoms with Crippen LogP contribution in [0.1, 0.15) is 11.4 Å². The zero-order valence-electron chi connectivity index (χ0n) is 9.65. The van der Waals surface area contributed by atoms with E-state index >= 15 is 0 Å². The van der Waals surface area contributed by atoms with Gasteiger partial charge in [-0.25, -0.2) is 14.4 Å². The summed E-state index contributed by atoms with van der Waals surface area (Å²) in [4.78, 5) is 8.52. The van der Waals surface area contributed by atoms with Gasteiger partial charge in [0, 0.05) is 18.2 Å². The van der Waals surface area contributed by atoms with Gasteiger partial charge in [0.1, 0.15) is 11.6 Å². The number of nitrogens with zero attached hydrogens (tertiary/aromatic N) is 2. The number of nitrogens with two attached hydrogens (primary N) is 1. The van der Waals surface area contributed by atoms with Gasteiger partial charge in [0.2, 0.25) is 0 Å². The van der Waals surface area contributed by atoms with Crippen molar-refractivity contribution >= 4 is 0 Å². The van der Waals surface area contributed by atoms with Crippen LogP contribution in [0.5, 0.6) is 0 Å². The van der Waals surface area contributed by atoms with E-state index in [1.165, 1.54) is 6.07 Å². The molecule has 1 aromatic heterocycles. The molecule has 0 atom stereocenters. The van der Waals surface area contributed by atoms with Gasteiger partial charge in [-0.1, -0.05) is 0 Å². The molecule has 0 fully saturated rings. The van der Waals surface area contributed by atoms with Crippen molar-refractivity contribution in [1.82, 2.24) is 9.97 Å². The molecule has 17 heavy (non-hydrogen) atoms. The minimum absolute atomic E-state index is 0.204. The van der Waals surface area contributed by atoms with Crippen molar-refractivity contribution in [1.29, 1.82) is 0 Å². The summed E-state index contributed by atoms with van der Waals surface area (Å²) in [5.74, 6) is 0.511. The number of halogens is 1. The summed E-state index contributed by atoms with van der Waals surface area (Å²) in [6, 6.07) is 6.77. The van der Waals surface area contributed by atoms with Crippen LogP contribution >= 0.6 is 0 Å². The monoisotopic (exact) mass is 231 g/mol. The van der Waals surface area contributed by atoms with Gasteiger partial charge in [-0.2, -0.15) is 0 Å². The smallest absolute Gasteiger partial charge is 0.130 e. The summed E-state index contributed by atoms with van der Waals surface area (Å²) < 4.78 is 13.2. The van der Waals surface area contributed by atoms with Crippen molar-refractivity contribution < 1.29 is 4.39 Å². The second kappa shape index (κ2) is 5.01. The fraction of sp³-hybridized carbons (Fsp3) is 0.231. The Balaban J connectivity index is 2.38. The van der Waals surface area contributed by atoms with E-state index in [-0.39, 0.29) is 5.82 Å². The van der Waals surface area contributed by atoms with Gasteiger partial charge in [0.25, 0.3) is 0 Å². The van der Waals surface area contributed by atoms with E-state index in [2.05, 4.69) is 9.97 Å². The standard InChI is InChI=1S/C13H14FN3/c1-9-8-10(2-3-11(9)14)12-5-7-16-13(17-12)4-6-15/h2-3,5,7-8H,4,6,15H2,1H3. The predicted octanol–water partition coefficient (Wildman–Crippen LogP) is 2.09. The molecule has 0 saturated heterocycles. The van der Waals surface area contributed by atoms with Gasteiger partial charge in [-0.05, 0) is 43.3 Å². The first kappa shape index (κ1) is 11.7. The van der Waals surface area contributed by atoms with E-state index in [4.69, 9.17) is 5.73 Å². The van der Waals surface area contributed by atoms with Gasteiger partial charge >= 0.3 is 0 Å². The van der Waals surface area contributed by atoms with Crippen LogP contribution < -0.4 is 5.73 Å². The SMILES string of the molecule is Cc1cc(-c2ccnc(CCN)n2)ccc1F. The first-order valence-electron chi connectivity index (χ1n) is 5.49. The summed E-state index contributed by atoms with van der Waals surface area (Å²) in [6.07, 6.45) is 2.35. The molecule has 0 bridgehead atoms. The molecule has 0 aliphatic heterocycles. The molecular weight excluding hydrogens is 217 g/mol. The molecule has 4 heteroatoms. The summed E-state index contributed by atoms with van der Waals surface area (Å²) >= 11 is 0. The third-order valence-electron chi connectivity index (χ3n) is 2.53. The number of hydrogen-bond donors (Lipinski definition) is 1. The van der Waals surface area contributed by atoms with Crippen LogP contribution in [-0.2, 0) is 6.42 Å². The number of benzene rings is 1. The van der Waals surface area contributed by atoms with Crippen LogP contribution in [0.4, 0.5) is 4.39 Å². The largest absolute Gasteiger partial charge is 0.330 e. The lowest BCUT2D eigenvalue weighted by Gasteiger charge is -2.04. The molecule has 1 aromatic carbocycles. The molecular formula is C13H14FN3. The average molecular weight is 231 g/mol. The minimum Gasteiger partial charge on any atom is -0.330 e. The summed E-state index contributed by atoms with van der Waals surface area (Å²) in [6.45, 7) is 2.26. The topological polar surface area (TPSA) is 51.8 Å². The molecule has 0 unspecified atom stereocenters. The lowest BCUT2D eigenvalue weighted by atomic mass is 10.1. The molecule has 2 rings (SSSR count). The minimum atomic E-state index is -0.204. The highest BCUT2D eigenvalue weighted by Crippen LogP contribution is 2.19. The fourth-order valence-corrected chi connectivity index (χ4v) is 1.61. The molecule has 0 aliphatic rings. The summed E-state index contributed by atoms with van der Waals surface area (Å²) in [5.41, 5.74) is 7.77. The van der Waals surface area contributed by atoms with Crippen LogP contribution in [0, 0.1) is 12.7 Å². The van der Waals surface area contributed by atoms with Crippen LogP contribution in [0.25, 0.3) is 11.3 Å². The highest BCUT2D eigenvalue weighted by Gasteiger charge is 2.04. The predicted molar refractivity (Wildman–Crippen MR) is 64.9 cm³/mol. The van der Waals surface area contributed by atoms with Gasteiger partial charge in [0.15, 0.2) is 0 Å². The molecule has 0 radical (unpaired) electrons. The van der Waals surface area contributed by atoms with Crippen molar-refractivity contribution in [2.24, 2.45) is 5.73 Å². The zero-order valence-corrected chi connectivity index (χ0v) is 9.65. The third-order valence-corrected chi connectivity index (χ3v) is 2.53. The fourth-order valence-electron chi connectivity index (χ4n) is 1.61. The first-order chi connectivity index (χ1) is 8.20. The van der Waals surface area contributed by atoms with Gasteiger partial charge in [-0.15, -0.1) is 0 Å². The van der Waals surface area contributed by atoms with E-state index in [9.17, 15) is 4.39 Å². The second-order valence-corrected chi connectivity index (χ2v) is 3.86. The number of hydrogen-bond acceptors (Lipinski definition) is 3. The van der Waals surface area contributed by atoms with Gasteiger partial charge in [0.05, 0.1) is 5.69 Å². The van der Waals surface area contributed by atoms with Crippen molar-refractivity contribution in [3.63, 3.8) is 0 Å². The van der Waals surface area contributed by atoms with Gasteiger partial charge < -0.3 is 5.73 Å². The maximum atomic E-state index is 13.2. The maximum absolute atomic E-state index is 13.2. The first-order valence-corrected chi connectivity index (χ1v) is 5.49. The Hall–Kier alpha value is -1.81. The Bertz CT molecular complexity index is 526. The maximum Gasteiger partial charge on any atom is 0.130 e. The Labute approximate surface area is 99.5 Å². The summed E-state index contributed by atoms with van der Waals surface area (Å²) in [5, 5.41) is 0. The quantitative estimate of drug-likeness (QED) is 0.880. The normalized spacial score (nSPS) is 10.5. The third kappa shape index (κ3) is 2.65. The van der Waals surface area contributed by atoms with Crippen molar-refractivity contribution in [3.05, 3.63) is 47.7 Å². The molecule has 2 aromatic rings. The van der Waals surface area contributed by atoms with E-state index in [0.29, 0.717) is 24.4 Å². The lowest BCUT2D eigenvalue weighted by molar-refractivity contribution is 0.618. The molecule has 0 saturated carbocycles. The summed E-state index contributed by atoms with van der Waals surface area (Å²) in [7, 11) is 0. The second-order valence-electron chi connectivity index (χ2n) is 3.86. The van der Waals surface area contributed by atoms with Crippen molar-refractivity contribution in [2.75, 3.05) is 6.54 Å². The van der Waals surface area contributed by atoms with E-state index < -0.39 is 0 Å². The Morgan fingerprint density at radius 2 is 2.12 bits per heavy atom. The van der Waals surface area contributed by atoms with Crippen LogP contribution in [0.3, 0.4) is 0 Å². The van der Waals surface area contributed by atoms with Crippen molar-refractivity contribution in [3.8, 4) is 11.3 Å². The van der Waals surface area contributed by atoms with Crippen LogP contribution in [0.2, 0.25) is 0 Å². The molecule has 0 aliphatic carbocycles. The molecule has 1 heterocycles. The van der Waals surface area contributed by atoms with E-state index in [1.54, 1.807) is 25.3 Å². The highest BCUT2D eigenvalue weighted by atomic mass is 19.1. The van der Waals surface area contributed by atoms with E-state index in [1.807, 2.05) is 6.07 Å². The van der Waals surface area contributed by atoms with Crippen molar-refractivity contribution in [2.45, 2.75) is 13.3 Å². The molecule has 2 N–H and O–H groups in total. The Morgan fingerprint density at radius 1 is 1.29 bits per heavy atom. The number of aryl methyl sites for hydroxylation is 1. The van der Waals surface area contributed by atoms with E-state index in [0.717, 1.165) is 11.3 Å². The number of rotatable bonds is 3. The van der Waals surface area contributed by atoms with Crippen LogP contribution in [0.15, 0.2) is 30.5 Å². The Kier molecular flexibility index (Phi) is 3.44. The Morgan fingerprint density at radius 3 is 2.82 bits per heavy atom. The molecule has 0 amide bonds. The average Bonchev–Trinajstić information content (AvgIpc) is 2.33. The number of aromatic nitrogens is 2. The molecule has 0 spiro atoms. The highest BCUT2D eigenvalue weighted by molar-refractivity contribution is 5.59. The van der Waals surface area contributed by atoms with Gasteiger partial charge in [-0.3, -0.25) is 0 Å². The zero-order chi connectivity index (χ0) is 12.3. The van der Waals surface area contributed by atoms with Crippen LogP contribution in [-0.4, -0.2) is 16.5 Å².